The van der Waals surface area contributed by atoms with E-state index in [1.165, 1.54) is 5.56 Å². The van der Waals surface area contributed by atoms with E-state index in [0.717, 1.165) is 53.8 Å². The summed E-state index contributed by atoms with van der Waals surface area (Å²) in [6, 6.07) is 12.2. The number of benzene rings is 1. The monoisotopic (exact) mass is 387 g/mol. The summed E-state index contributed by atoms with van der Waals surface area (Å²) in [5.41, 5.74) is 4.77. The fraction of sp³-hybridized carbons (Fsp3) is 0.286. The molecule has 0 saturated carbocycles. The highest BCUT2D eigenvalue weighted by Crippen LogP contribution is 2.28. The van der Waals surface area contributed by atoms with Gasteiger partial charge in [-0.2, -0.15) is 4.52 Å². The van der Waals surface area contributed by atoms with Crippen LogP contribution in [-0.2, 0) is 17.7 Å². The molecular weight excluding hydrogens is 366 g/mol. The fourth-order valence-electron chi connectivity index (χ4n) is 3.81. The summed E-state index contributed by atoms with van der Waals surface area (Å²) in [6.07, 6.45) is 5.66. The Bertz CT molecular complexity index is 1280. The lowest BCUT2D eigenvalue weighted by Crippen LogP contribution is -2.09. The average molecular weight is 387 g/mol. The average Bonchev–Trinajstić information content (AvgIpc) is 3.36. The van der Waals surface area contributed by atoms with Gasteiger partial charge in [-0.1, -0.05) is 24.3 Å². The maximum Gasteiger partial charge on any atom is 0.207 e. The molecule has 5 aromatic rings. The Labute approximate surface area is 167 Å². The number of hydrogen-bond donors (Lipinski definition) is 0. The highest BCUT2D eigenvalue weighted by molar-refractivity contribution is 6.08. The molecule has 5 rings (SSSR count). The van der Waals surface area contributed by atoms with Gasteiger partial charge in [0.1, 0.15) is 11.3 Å². The number of para-hydroxylation sites is 1. The number of pyridine rings is 2. The molecular formula is C21H21N7O. The molecule has 0 saturated heterocycles. The largest absolute Gasteiger partial charge is 0.380 e. The number of imidazole rings is 1. The van der Waals surface area contributed by atoms with Crippen molar-refractivity contribution in [3.63, 3.8) is 0 Å². The first-order valence-electron chi connectivity index (χ1n) is 9.75. The molecule has 0 unspecified atom stereocenters. The standard InChI is InChI=1S/C21H21N7O/c1-15-23-19-20(17-8-2-3-9-18(17)28-21(19)24-25-26-28)27(15)11-13-29-12-5-7-16-6-4-10-22-14-16/h2-4,6,8-10,14H,5,7,11-13H2,1H3. The summed E-state index contributed by atoms with van der Waals surface area (Å²) in [7, 11) is 0. The molecule has 8 nitrogen and oxygen atoms in total. The van der Waals surface area contributed by atoms with E-state index in [1.54, 1.807) is 10.7 Å². The topological polar surface area (TPSA) is 83.0 Å². The lowest BCUT2D eigenvalue weighted by atomic mass is 10.2. The van der Waals surface area contributed by atoms with Gasteiger partial charge in [-0.25, -0.2) is 4.98 Å². The van der Waals surface area contributed by atoms with Gasteiger partial charge < -0.3 is 9.30 Å². The highest BCUT2D eigenvalue weighted by Gasteiger charge is 2.17. The second-order valence-electron chi connectivity index (χ2n) is 7.02. The highest BCUT2D eigenvalue weighted by atomic mass is 16.5. The van der Waals surface area contributed by atoms with Gasteiger partial charge in [0.2, 0.25) is 5.65 Å². The Kier molecular flexibility index (Phi) is 4.61. The van der Waals surface area contributed by atoms with Crippen molar-refractivity contribution >= 4 is 27.6 Å². The van der Waals surface area contributed by atoms with Crippen LogP contribution in [0.5, 0.6) is 0 Å². The molecule has 1 aromatic carbocycles. The summed E-state index contributed by atoms with van der Waals surface area (Å²) in [5.74, 6) is 0.931. The molecule has 0 aliphatic carbocycles. The van der Waals surface area contributed by atoms with E-state index in [9.17, 15) is 0 Å². The van der Waals surface area contributed by atoms with E-state index >= 15 is 0 Å². The van der Waals surface area contributed by atoms with Crippen LogP contribution in [0.2, 0.25) is 0 Å². The van der Waals surface area contributed by atoms with E-state index < -0.39 is 0 Å². The fourth-order valence-corrected chi connectivity index (χ4v) is 3.81. The van der Waals surface area contributed by atoms with E-state index in [-0.39, 0.29) is 0 Å². The molecule has 0 spiro atoms. The second-order valence-corrected chi connectivity index (χ2v) is 7.02. The predicted molar refractivity (Wildman–Crippen MR) is 110 cm³/mol. The zero-order chi connectivity index (χ0) is 19.6. The number of hydrogen-bond acceptors (Lipinski definition) is 6. The minimum Gasteiger partial charge on any atom is -0.380 e. The summed E-state index contributed by atoms with van der Waals surface area (Å²) < 4.78 is 9.86. The van der Waals surface area contributed by atoms with Crippen LogP contribution in [0, 0.1) is 6.92 Å². The van der Waals surface area contributed by atoms with Crippen LogP contribution < -0.4 is 0 Å². The predicted octanol–water partition coefficient (Wildman–Crippen LogP) is 2.98. The van der Waals surface area contributed by atoms with Gasteiger partial charge in [-0.05, 0) is 47.9 Å². The van der Waals surface area contributed by atoms with E-state index in [0.29, 0.717) is 12.3 Å². The van der Waals surface area contributed by atoms with Gasteiger partial charge in [0.15, 0.2) is 0 Å². The Morgan fingerprint density at radius 1 is 1.07 bits per heavy atom. The molecule has 0 amide bonds. The molecule has 0 N–H and O–H groups in total. The van der Waals surface area contributed by atoms with Crippen LogP contribution in [0.15, 0.2) is 48.8 Å². The molecule has 146 valence electrons. The van der Waals surface area contributed by atoms with Crippen molar-refractivity contribution in [3.8, 4) is 0 Å². The maximum absolute atomic E-state index is 5.90. The van der Waals surface area contributed by atoms with Crippen molar-refractivity contribution < 1.29 is 4.74 Å². The number of ether oxygens (including phenoxy) is 1. The number of tetrazole rings is 1. The first-order valence-corrected chi connectivity index (χ1v) is 9.75. The van der Waals surface area contributed by atoms with E-state index in [2.05, 4.69) is 37.2 Å². The zero-order valence-corrected chi connectivity index (χ0v) is 16.2. The molecule has 4 heterocycles. The van der Waals surface area contributed by atoms with Crippen LogP contribution in [0.25, 0.3) is 27.6 Å². The SMILES string of the molecule is Cc1nc2c(c3ccccc3n3nnnc23)n1CCOCCCc1cccnc1. The minimum atomic E-state index is 0.629. The van der Waals surface area contributed by atoms with Crippen molar-refractivity contribution in [1.82, 2.24) is 34.6 Å². The molecule has 0 bridgehead atoms. The number of nitrogens with zero attached hydrogens (tertiary/aromatic N) is 7. The van der Waals surface area contributed by atoms with E-state index in [1.807, 2.05) is 37.4 Å². The van der Waals surface area contributed by atoms with Crippen molar-refractivity contribution in [1.29, 1.82) is 0 Å². The Morgan fingerprint density at radius 2 is 2.00 bits per heavy atom. The molecule has 29 heavy (non-hydrogen) atoms. The summed E-state index contributed by atoms with van der Waals surface area (Å²) in [6.45, 7) is 4.10. The number of aromatic nitrogens is 7. The molecule has 8 heteroatoms. The van der Waals surface area contributed by atoms with Crippen LogP contribution in [0.3, 0.4) is 0 Å². The smallest absolute Gasteiger partial charge is 0.207 e. The van der Waals surface area contributed by atoms with Gasteiger partial charge in [0, 0.05) is 30.9 Å². The lowest BCUT2D eigenvalue weighted by Gasteiger charge is -2.10. The quantitative estimate of drug-likeness (QED) is 0.399. The van der Waals surface area contributed by atoms with Crippen LogP contribution in [0.4, 0.5) is 0 Å². The van der Waals surface area contributed by atoms with Gasteiger partial charge in [-0.3, -0.25) is 4.98 Å². The van der Waals surface area contributed by atoms with Crippen molar-refractivity contribution in [2.45, 2.75) is 26.3 Å². The number of aryl methyl sites for hydroxylation is 2. The second kappa shape index (κ2) is 7.56. The van der Waals surface area contributed by atoms with Crippen LogP contribution in [0.1, 0.15) is 17.8 Å². The Balaban J connectivity index is 1.35. The summed E-state index contributed by atoms with van der Waals surface area (Å²) >= 11 is 0. The third-order valence-electron chi connectivity index (χ3n) is 5.16. The van der Waals surface area contributed by atoms with Gasteiger partial charge in [0.05, 0.1) is 17.6 Å². The minimum absolute atomic E-state index is 0.629. The molecule has 0 aliphatic rings. The summed E-state index contributed by atoms with van der Waals surface area (Å²) in [5, 5.41) is 13.3. The molecule has 0 fully saturated rings. The molecule has 4 aromatic heterocycles. The molecule has 0 radical (unpaired) electrons. The maximum atomic E-state index is 5.90. The van der Waals surface area contributed by atoms with Gasteiger partial charge >= 0.3 is 0 Å². The lowest BCUT2D eigenvalue weighted by molar-refractivity contribution is 0.124. The first-order chi connectivity index (χ1) is 14.3. The third-order valence-corrected chi connectivity index (χ3v) is 5.16. The molecule has 0 aliphatic heterocycles. The third kappa shape index (κ3) is 3.21. The van der Waals surface area contributed by atoms with Crippen molar-refractivity contribution in [2.75, 3.05) is 13.2 Å². The summed E-state index contributed by atoms with van der Waals surface area (Å²) in [4.78, 5) is 8.90. The van der Waals surface area contributed by atoms with Crippen LogP contribution in [-0.4, -0.2) is 47.8 Å². The van der Waals surface area contributed by atoms with Crippen molar-refractivity contribution in [3.05, 3.63) is 60.2 Å². The number of fused-ring (bicyclic) bond motifs is 6. The van der Waals surface area contributed by atoms with Gasteiger partial charge in [0.25, 0.3) is 0 Å². The van der Waals surface area contributed by atoms with E-state index in [4.69, 9.17) is 9.72 Å². The Hall–Kier alpha value is -3.39. The normalized spacial score (nSPS) is 11.8. The number of rotatable bonds is 7. The Morgan fingerprint density at radius 3 is 2.90 bits per heavy atom. The zero-order valence-electron chi connectivity index (χ0n) is 16.2. The van der Waals surface area contributed by atoms with Gasteiger partial charge in [-0.15, -0.1) is 5.10 Å². The van der Waals surface area contributed by atoms with Crippen molar-refractivity contribution in [2.24, 2.45) is 0 Å². The van der Waals surface area contributed by atoms with Crippen LogP contribution >= 0.6 is 0 Å². The first kappa shape index (κ1) is 17.7. The molecule has 0 atom stereocenters.